The number of hydrogen-bond donors (Lipinski definition) is 1. The maximum Gasteiger partial charge on any atom is 0.346 e. The minimum absolute atomic E-state index is 0.0310. The molecule has 0 aliphatic carbocycles. The van der Waals surface area contributed by atoms with E-state index in [4.69, 9.17) is 5.11 Å². The predicted molar refractivity (Wildman–Crippen MR) is 81.0 cm³/mol. The van der Waals surface area contributed by atoms with Crippen LogP contribution in [0.15, 0.2) is 42.7 Å². The van der Waals surface area contributed by atoms with Gasteiger partial charge in [0.05, 0.1) is 0 Å². The van der Waals surface area contributed by atoms with Crippen molar-refractivity contribution in [2.75, 3.05) is 0 Å². The summed E-state index contributed by atoms with van der Waals surface area (Å²) in [5.41, 5.74) is 1.23. The predicted octanol–water partition coefficient (Wildman–Crippen LogP) is 2.64. The standard InChI is InChI=1S/C17H22N2O2/c1-2-3-5-10-16-18(11-12-19(16)14-17(20)21)13-15-8-6-4-7-9-15/h4,6-9,11-12H,2-3,5,10,13-14H2,1H3/p+1. The van der Waals surface area contributed by atoms with Crippen molar-refractivity contribution in [2.24, 2.45) is 0 Å². The van der Waals surface area contributed by atoms with Crippen molar-refractivity contribution >= 4 is 5.97 Å². The third-order valence-electron chi connectivity index (χ3n) is 3.59. The van der Waals surface area contributed by atoms with Gasteiger partial charge in [-0.3, -0.25) is 0 Å². The summed E-state index contributed by atoms with van der Waals surface area (Å²) in [4.78, 5) is 11.0. The van der Waals surface area contributed by atoms with Crippen molar-refractivity contribution in [1.29, 1.82) is 0 Å². The highest BCUT2D eigenvalue weighted by molar-refractivity contribution is 5.66. The van der Waals surface area contributed by atoms with Crippen LogP contribution in [0.25, 0.3) is 0 Å². The summed E-state index contributed by atoms with van der Waals surface area (Å²) in [6.07, 6.45) is 8.20. The van der Waals surface area contributed by atoms with Crippen molar-refractivity contribution in [2.45, 2.75) is 45.7 Å². The summed E-state index contributed by atoms with van der Waals surface area (Å²) in [7, 11) is 0. The monoisotopic (exact) mass is 287 g/mol. The van der Waals surface area contributed by atoms with Gasteiger partial charge in [-0.2, -0.15) is 0 Å². The minimum atomic E-state index is -0.797. The number of benzene rings is 1. The first kappa shape index (κ1) is 15.3. The topological polar surface area (TPSA) is 46.1 Å². The molecular formula is C17H23N2O2+. The summed E-state index contributed by atoms with van der Waals surface area (Å²) in [6, 6.07) is 10.3. The fourth-order valence-corrected chi connectivity index (χ4v) is 2.53. The maximum absolute atomic E-state index is 11.0. The quantitative estimate of drug-likeness (QED) is 0.599. The number of rotatable bonds is 8. The van der Waals surface area contributed by atoms with Crippen LogP contribution in [0.4, 0.5) is 0 Å². The number of nitrogens with zero attached hydrogens (tertiary/aromatic N) is 2. The Balaban J connectivity index is 2.18. The first-order chi connectivity index (χ1) is 10.2. The van der Waals surface area contributed by atoms with Gasteiger partial charge in [-0.05, 0) is 12.0 Å². The SMILES string of the molecule is CCCCCc1n(CC(=O)O)cc[n+]1Cc1ccccc1. The van der Waals surface area contributed by atoms with Crippen LogP contribution in [-0.2, 0) is 24.3 Å². The Morgan fingerprint density at radius 1 is 1.24 bits per heavy atom. The Hall–Kier alpha value is -2.10. The molecule has 0 radical (unpaired) electrons. The van der Waals surface area contributed by atoms with Crippen LogP contribution >= 0.6 is 0 Å². The highest BCUT2D eigenvalue weighted by atomic mass is 16.4. The molecule has 0 spiro atoms. The molecule has 0 saturated heterocycles. The van der Waals surface area contributed by atoms with E-state index in [-0.39, 0.29) is 6.54 Å². The molecule has 0 unspecified atom stereocenters. The van der Waals surface area contributed by atoms with E-state index < -0.39 is 5.97 Å². The van der Waals surface area contributed by atoms with E-state index in [0.717, 1.165) is 25.2 Å². The second kappa shape index (κ2) is 7.62. The Morgan fingerprint density at radius 2 is 2.00 bits per heavy atom. The molecule has 0 saturated carbocycles. The molecule has 0 fully saturated rings. The lowest BCUT2D eigenvalue weighted by atomic mass is 10.2. The molecule has 0 amide bonds. The molecule has 0 aliphatic rings. The lowest BCUT2D eigenvalue weighted by Crippen LogP contribution is -2.38. The van der Waals surface area contributed by atoms with Crippen LogP contribution in [0.3, 0.4) is 0 Å². The van der Waals surface area contributed by atoms with Gasteiger partial charge in [0.25, 0.3) is 5.82 Å². The Kier molecular flexibility index (Phi) is 5.55. The third kappa shape index (κ3) is 4.45. The average molecular weight is 287 g/mol. The third-order valence-corrected chi connectivity index (χ3v) is 3.59. The van der Waals surface area contributed by atoms with E-state index in [2.05, 4.69) is 23.6 Å². The average Bonchev–Trinajstić information content (AvgIpc) is 2.82. The molecule has 0 atom stereocenters. The van der Waals surface area contributed by atoms with Gasteiger partial charge in [-0.15, -0.1) is 0 Å². The van der Waals surface area contributed by atoms with E-state index in [9.17, 15) is 4.79 Å². The summed E-state index contributed by atoms with van der Waals surface area (Å²) in [5.74, 6) is 0.295. The van der Waals surface area contributed by atoms with Crippen LogP contribution in [0, 0.1) is 0 Å². The normalized spacial score (nSPS) is 10.7. The summed E-state index contributed by atoms with van der Waals surface area (Å²) < 4.78 is 4.01. The van der Waals surface area contributed by atoms with E-state index in [0.29, 0.717) is 0 Å². The largest absolute Gasteiger partial charge is 0.478 e. The number of carbonyl (C=O) groups is 1. The van der Waals surface area contributed by atoms with Crippen molar-refractivity contribution < 1.29 is 14.5 Å². The zero-order valence-corrected chi connectivity index (χ0v) is 12.5. The number of aliphatic carboxylic acids is 1. The first-order valence-electron chi connectivity index (χ1n) is 7.54. The number of hydrogen-bond acceptors (Lipinski definition) is 1. The van der Waals surface area contributed by atoms with Crippen molar-refractivity contribution in [3.05, 3.63) is 54.1 Å². The lowest BCUT2D eigenvalue weighted by Gasteiger charge is -2.04. The van der Waals surface area contributed by atoms with Crippen molar-refractivity contribution in [3.63, 3.8) is 0 Å². The van der Waals surface area contributed by atoms with Crippen molar-refractivity contribution in [3.8, 4) is 0 Å². The van der Waals surface area contributed by atoms with Gasteiger partial charge in [-0.1, -0.05) is 50.1 Å². The van der Waals surface area contributed by atoms with Crippen LogP contribution in [0.2, 0.25) is 0 Å². The second-order valence-electron chi connectivity index (χ2n) is 5.31. The molecule has 1 heterocycles. The lowest BCUT2D eigenvalue weighted by molar-refractivity contribution is -0.695. The van der Waals surface area contributed by atoms with Gasteiger partial charge in [0, 0.05) is 6.42 Å². The number of imidazole rings is 1. The van der Waals surface area contributed by atoms with Crippen molar-refractivity contribution in [1.82, 2.24) is 4.57 Å². The number of unbranched alkanes of at least 4 members (excludes halogenated alkanes) is 2. The smallest absolute Gasteiger partial charge is 0.346 e. The molecule has 4 nitrogen and oxygen atoms in total. The number of aromatic nitrogens is 2. The molecule has 1 N–H and O–H groups in total. The van der Waals surface area contributed by atoms with Gasteiger partial charge in [-0.25, -0.2) is 13.9 Å². The van der Waals surface area contributed by atoms with E-state index >= 15 is 0 Å². The van der Waals surface area contributed by atoms with E-state index in [1.54, 1.807) is 0 Å². The second-order valence-corrected chi connectivity index (χ2v) is 5.31. The molecule has 4 heteroatoms. The number of carboxylic acids is 1. The maximum atomic E-state index is 11.0. The van der Waals surface area contributed by atoms with Gasteiger partial charge >= 0.3 is 5.97 Å². The summed E-state index contributed by atoms with van der Waals surface area (Å²) in [5, 5.41) is 9.03. The minimum Gasteiger partial charge on any atom is -0.478 e. The Morgan fingerprint density at radius 3 is 2.67 bits per heavy atom. The zero-order chi connectivity index (χ0) is 15.1. The van der Waals surface area contributed by atoms with Crippen LogP contribution in [0.1, 0.15) is 37.6 Å². The van der Waals surface area contributed by atoms with Crippen LogP contribution in [-0.4, -0.2) is 15.6 Å². The van der Waals surface area contributed by atoms with Gasteiger partial charge < -0.3 is 5.11 Å². The number of carboxylic acid groups (broad SMARTS) is 1. The fourth-order valence-electron chi connectivity index (χ4n) is 2.53. The van der Waals surface area contributed by atoms with E-state index in [1.165, 1.54) is 18.4 Å². The summed E-state index contributed by atoms with van der Waals surface area (Å²) in [6.45, 7) is 2.99. The Bertz CT molecular complexity index is 576. The molecule has 2 rings (SSSR count). The fraction of sp³-hybridized carbons (Fsp3) is 0.412. The van der Waals surface area contributed by atoms with Crippen LogP contribution < -0.4 is 4.57 Å². The molecule has 21 heavy (non-hydrogen) atoms. The molecule has 1 aromatic heterocycles. The molecule has 112 valence electrons. The highest BCUT2D eigenvalue weighted by Crippen LogP contribution is 2.06. The molecule has 0 aliphatic heterocycles. The van der Waals surface area contributed by atoms with E-state index in [1.807, 2.05) is 35.2 Å². The van der Waals surface area contributed by atoms with Gasteiger partial charge in [0.1, 0.15) is 18.9 Å². The van der Waals surface area contributed by atoms with Crippen LogP contribution in [0.5, 0.6) is 0 Å². The first-order valence-corrected chi connectivity index (χ1v) is 7.54. The molecule has 0 bridgehead atoms. The zero-order valence-electron chi connectivity index (χ0n) is 12.5. The molecular weight excluding hydrogens is 264 g/mol. The Labute approximate surface area is 125 Å². The highest BCUT2D eigenvalue weighted by Gasteiger charge is 2.18. The van der Waals surface area contributed by atoms with Gasteiger partial charge in [0.15, 0.2) is 6.54 Å². The molecule has 2 aromatic rings. The molecule has 1 aromatic carbocycles. The summed E-state index contributed by atoms with van der Waals surface area (Å²) >= 11 is 0. The van der Waals surface area contributed by atoms with Gasteiger partial charge in [0.2, 0.25) is 0 Å².